The molecule has 0 radical (unpaired) electrons. The summed E-state index contributed by atoms with van der Waals surface area (Å²) in [6.45, 7) is -0.0196. The zero-order valence-corrected chi connectivity index (χ0v) is 19.7. The van der Waals surface area contributed by atoms with Crippen LogP contribution in [-0.2, 0) is 13.6 Å². The van der Waals surface area contributed by atoms with E-state index in [9.17, 15) is 14.7 Å². The number of aromatic amines is 1. The van der Waals surface area contributed by atoms with Crippen LogP contribution in [0.5, 0.6) is 5.75 Å². The fourth-order valence-corrected chi connectivity index (χ4v) is 3.49. The van der Waals surface area contributed by atoms with Crippen LogP contribution in [0.4, 0.5) is 11.6 Å². The van der Waals surface area contributed by atoms with Crippen LogP contribution in [0.25, 0.3) is 11.2 Å². The lowest BCUT2D eigenvalue weighted by Gasteiger charge is -2.15. The Hall–Kier alpha value is -4.38. The van der Waals surface area contributed by atoms with Gasteiger partial charge >= 0.3 is 5.69 Å². The summed E-state index contributed by atoms with van der Waals surface area (Å²) < 4.78 is 8.34. The van der Waals surface area contributed by atoms with Crippen molar-refractivity contribution in [2.24, 2.45) is 12.1 Å². The summed E-state index contributed by atoms with van der Waals surface area (Å²) in [7, 11) is 5.43. The summed E-state index contributed by atoms with van der Waals surface area (Å²) in [5.41, 5.74) is 3.86. The number of rotatable bonds is 9. The number of H-pyrrole nitrogens is 1. The van der Waals surface area contributed by atoms with Gasteiger partial charge in [0.1, 0.15) is 18.5 Å². The molecule has 0 fully saturated rings. The molecule has 182 valence electrons. The van der Waals surface area contributed by atoms with Crippen LogP contribution in [-0.4, -0.2) is 57.2 Å². The van der Waals surface area contributed by atoms with Crippen LogP contribution in [0, 0.1) is 0 Å². The number of aromatic nitrogens is 4. The number of anilines is 2. The fourth-order valence-electron chi connectivity index (χ4n) is 3.49. The van der Waals surface area contributed by atoms with Crippen molar-refractivity contribution in [2.75, 3.05) is 31.0 Å². The Morgan fingerprint density at radius 3 is 2.57 bits per heavy atom. The maximum Gasteiger partial charge on any atom is 0.329 e. The van der Waals surface area contributed by atoms with Crippen molar-refractivity contribution >= 4 is 29.0 Å². The monoisotopic (exact) mass is 477 g/mol. The van der Waals surface area contributed by atoms with Crippen LogP contribution in [0.1, 0.15) is 5.56 Å². The number of aliphatic hydroxyl groups is 1. The van der Waals surface area contributed by atoms with Crippen LogP contribution >= 0.6 is 0 Å². The number of imidazole rings is 1. The number of nitrogens with zero attached hydrogens (tertiary/aromatic N) is 5. The molecule has 0 aliphatic heterocycles. The van der Waals surface area contributed by atoms with Gasteiger partial charge in [0.2, 0.25) is 5.95 Å². The van der Waals surface area contributed by atoms with E-state index in [2.05, 4.69) is 20.5 Å². The van der Waals surface area contributed by atoms with E-state index >= 15 is 0 Å². The van der Waals surface area contributed by atoms with Gasteiger partial charge in [0.15, 0.2) is 11.2 Å². The van der Waals surface area contributed by atoms with E-state index in [1.54, 1.807) is 18.3 Å². The van der Waals surface area contributed by atoms with E-state index < -0.39 is 17.4 Å². The number of hydrazone groups is 1. The minimum absolute atomic E-state index is 0.00567. The molecule has 0 saturated carbocycles. The third-order valence-electron chi connectivity index (χ3n) is 5.37. The van der Waals surface area contributed by atoms with Gasteiger partial charge in [-0.05, 0) is 29.8 Å². The van der Waals surface area contributed by atoms with E-state index in [0.29, 0.717) is 5.75 Å². The summed E-state index contributed by atoms with van der Waals surface area (Å²) in [5, 5.41) is 14.9. The number of aliphatic hydroxyl groups excluding tert-OH is 1. The Kier molecular flexibility index (Phi) is 6.97. The average Bonchev–Trinajstić information content (AvgIpc) is 3.21. The molecule has 1 atom stereocenters. The zero-order valence-electron chi connectivity index (χ0n) is 19.7. The second kappa shape index (κ2) is 10.3. The predicted molar refractivity (Wildman–Crippen MR) is 136 cm³/mol. The standard InChI is InChI=1S/C24H27N7O4/c1-29(2)17-11-9-16(10-12-17)13-25-28-23-26-21-20(22(33)27-24(34)30(21)3)31(23)14-18(32)15-35-19-7-5-4-6-8-19/h4-13,18,32H,14-15H2,1-3H3,(H,26,28)(H,27,33,34)/b25-13+/t18-/m1/s1. The number of fused-ring (bicyclic) bond motifs is 1. The van der Waals surface area contributed by atoms with Gasteiger partial charge in [0.05, 0.1) is 12.8 Å². The van der Waals surface area contributed by atoms with E-state index in [1.807, 2.05) is 61.5 Å². The molecule has 2 aromatic heterocycles. The maximum atomic E-state index is 12.6. The first kappa shape index (κ1) is 23.8. The number of hydrogen-bond acceptors (Lipinski definition) is 8. The van der Waals surface area contributed by atoms with Crippen molar-refractivity contribution in [1.82, 2.24) is 19.1 Å². The highest BCUT2D eigenvalue weighted by Gasteiger charge is 2.20. The first-order valence-electron chi connectivity index (χ1n) is 11.0. The summed E-state index contributed by atoms with van der Waals surface area (Å²) in [6, 6.07) is 16.9. The van der Waals surface area contributed by atoms with Crippen molar-refractivity contribution in [1.29, 1.82) is 0 Å². The van der Waals surface area contributed by atoms with Gasteiger partial charge in [0.25, 0.3) is 5.56 Å². The molecule has 0 aliphatic carbocycles. The number of benzene rings is 2. The number of nitrogens with one attached hydrogen (secondary N) is 2. The first-order chi connectivity index (χ1) is 16.8. The molecular weight excluding hydrogens is 450 g/mol. The molecule has 0 aliphatic rings. The Balaban J connectivity index is 1.60. The first-order valence-corrected chi connectivity index (χ1v) is 11.0. The molecule has 3 N–H and O–H groups in total. The van der Waals surface area contributed by atoms with Gasteiger partial charge < -0.3 is 19.3 Å². The SMILES string of the molecule is CN(C)c1ccc(/C=N/Nc2nc3c(c(=O)[nH]c(=O)n3C)n2C[C@@H](O)COc2ccccc2)cc1. The molecule has 2 heterocycles. The molecule has 0 unspecified atom stereocenters. The molecule has 4 rings (SSSR count). The smallest absolute Gasteiger partial charge is 0.329 e. The molecule has 2 aromatic carbocycles. The Morgan fingerprint density at radius 1 is 1.17 bits per heavy atom. The lowest BCUT2D eigenvalue weighted by molar-refractivity contribution is 0.0938. The number of ether oxygens (including phenoxy) is 1. The van der Waals surface area contributed by atoms with Gasteiger partial charge in [-0.3, -0.25) is 14.3 Å². The van der Waals surface area contributed by atoms with E-state index in [4.69, 9.17) is 4.74 Å². The van der Waals surface area contributed by atoms with Gasteiger partial charge in [-0.15, -0.1) is 0 Å². The highest BCUT2D eigenvalue weighted by atomic mass is 16.5. The van der Waals surface area contributed by atoms with Gasteiger partial charge in [-0.2, -0.15) is 10.1 Å². The van der Waals surface area contributed by atoms with Crippen molar-refractivity contribution < 1.29 is 9.84 Å². The highest BCUT2D eigenvalue weighted by molar-refractivity contribution is 5.81. The molecule has 35 heavy (non-hydrogen) atoms. The quantitative estimate of drug-likeness (QED) is 0.245. The normalized spacial score (nSPS) is 12.2. The van der Waals surface area contributed by atoms with Crippen LogP contribution in [0.3, 0.4) is 0 Å². The minimum Gasteiger partial charge on any atom is -0.491 e. The van der Waals surface area contributed by atoms with Gasteiger partial charge in [0, 0.05) is 26.8 Å². The highest BCUT2D eigenvalue weighted by Crippen LogP contribution is 2.17. The molecule has 11 heteroatoms. The second-order valence-electron chi connectivity index (χ2n) is 8.17. The van der Waals surface area contributed by atoms with Crippen LogP contribution in [0.15, 0.2) is 69.3 Å². The van der Waals surface area contributed by atoms with Crippen LogP contribution in [0.2, 0.25) is 0 Å². The topological polar surface area (TPSA) is 130 Å². The third-order valence-corrected chi connectivity index (χ3v) is 5.37. The lowest BCUT2D eigenvalue weighted by atomic mass is 10.2. The molecule has 0 spiro atoms. The third kappa shape index (κ3) is 5.41. The summed E-state index contributed by atoms with van der Waals surface area (Å²) in [4.78, 5) is 33.3. The molecule has 4 aromatic rings. The molecule has 0 amide bonds. The summed E-state index contributed by atoms with van der Waals surface area (Å²) in [5.74, 6) is 0.817. The Bertz CT molecular complexity index is 1440. The van der Waals surface area contributed by atoms with E-state index in [1.165, 1.54) is 16.2 Å². The van der Waals surface area contributed by atoms with Crippen LogP contribution < -0.4 is 26.3 Å². The number of hydrogen-bond donors (Lipinski definition) is 3. The Labute approximate surface area is 200 Å². The van der Waals surface area contributed by atoms with E-state index in [0.717, 1.165) is 11.3 Å². The summed E-state index contributed by atoms with van der Waals surface area (Å²) in [6.07, 6.45) is 0.647. The minimum atomic E-state index is -0.965. The van der Waals surface area contributed by atoms with Gasteiger partial charge in [-0.25, -0.2) is 10.2 Å². The molecular formula is C24H27N7O4. The van der Waals surface area contributed by atoms with E-state index in [-0.39, 0.29) is 30.3 Å². The maximum absolute atomic E-state index is 12.6. The van der Waals surface area contributed by atoms with Crippen molar-refractivity contribution in [3.63, 3.8) is 0 Å². The average molecular weight is 478 g/mol. The molecule has 0 bridgehead atoms. The lowest BCUT2D eigenvalue weighted by Crippen LogP contribution is -2.30. The fraction of sp³-hybridized carbons (Fsp3) is 0.250. The summed E-state index contributed by atoms with van der Waals surface area (Å²) >= 11 is 0. The molecule has 11 nitrogen and oxygen atoms in total. The Morgan fingerprint density at radius 2 is 1.89 bits per heavy atom. The number of para-hydroxylation sites is 1. The zero-order chi connectivity index (χ0) is 24.9. The second-order valence-corrected chi connectivity index (χ2v) is 8.17. The van der Waals surface area contributed by atoms with Gasteiger partial charge in [-0.1, -0.05) is 30.3 Å². The molecule has 0 saturated heterocycles. The van der Waals surface area contributed by atoms with Crippen molar-refractivity contribution in [3.8, 4) is 5.75 Å². The predicted octanol–water partition coefficient (Wildman–Crippen LogP) is 1.38. The van der Waals surface area contributed by atoms with Crippen molar-refractivity contribution in [3.05, 3.63) is 81.0 Å². The van der Waals surface area contributed by atoms with Crippen molar-refractivity contribution in [2.45, 2.75) is 12.6 Å². The largest absolute Gasteiger partial charge is 0.491 e. The number of aryl methyl sites for hydroxylation is 1.